The van der Waals surface area contributed by atoms with Crippen molar-refractivity contribution < 1.29 is 54.7 Å². The molecule has 0 aliphatic carbocycles. The summed E-state index contributed by atoms with van der Waals surface area (Å²) in [6.45, 7) is -1.62. The fraction of sp³-hybridized carbons (Fsp3) is 0.684. The first kappa shape index (κ1) is 23.3. The van der Waals surface area contributed by atoms with Gasteiger partial charge in [-0.05, 0) is 24.1 Å². The van der Waals surface area contributed by atoms with E-state index in [1.165, 1.54) is 12.1 Å². The number of aliphatic hydroxyl groups is 6. The summed E-state index contributed by atoms with van der Waals surface area (Å²) in [5.74, 6) is 0.129. The molecule has 0 radical (unpaired) electrons. The Morgan fingerprint density at radius 1 is 1.03 bits per heavy atom. The lowest BCUT2D eigenvalue weighted by Gasteiger charge is -2.42. The van der Waals surface area contributed by atoms with E-state index in [4.69, 9.17) is 18.9 Å². The first-order valence-corrected chi connectivity index (χ1v) is 9.59. The van der Waals surface area contributed by atoms with Crippen molar-refractivity contribution in [3.63, 3.8) is 0 Å². The number of aliphatic hydroxyl groups excluding tert-OH is 5. The zero-order chi connectivity index (χ0) is 21.9. The van der Waals surface area contributed by atoms with Gasteiger partial charge in [0.15, 0.2) is 12.6 Å². The molecule has 170 valence electrons. The first-order chi connectivity index (χ1) is 14.3. The van der Waals surface area contributed by atoms with Crippen LogP contribution in [0, 0.1) is 0 Å². The van der Waals surface area contributed by atoms with Crippen LogP contribution in [-0.2, 0) is 25.4 Å². The van der Waals surface area contributed by atoms with Gasteiger partial charge in [-0.2, -0.15) is 0 Å². The molecule has 11 heteroatoms. The Balaban J connectivity index is 1.66. The molecule has 2 aliphatic rings. The molecule has 2 aliphatic heterocycles. The summed E-state index contributed by atoms with van der Waals surface area (Å²) in [7, 11) is 0. The Morgan fingerprint density at radius 3 is 2.33 bits per heavy atom. The Hall–Kier alpha value is -1.38. The minimum atomic E-state index is -1.92. The van der Waals surface area contributed by atoms with E-state index in [-0.39, 0.29) is 12.4 Å². The van der Waals surface area contributed by atoms with Gasteiger partial charge < -0.3 is 54.7 Å². The molecule has 2 saturated heterocycles. The molecule has 2 fully saturated rings. The van der Waals surface area contributed by atoms with Crippen LogP contribution in [0.25, 0.3) is 0 Å². The smallest absolute Gasteiger partial charge is 0.187 e. The highest BCUT2D eigenvalue weighted by Gasteiger charge is 2.53. The van der Waals surface area contributed by atoms with E-state index in [1.54, 1.807) is 12.1 Å². The van der Waals surface area contributed by atoms with E-state index in [2.05, 4.69) is 0 Å². The van der Waals surface area contributed by atoms with Gasteiger partial charge in [0.05, 0.1) is 26.4 Å². The van der Waals surface area contributed by atoms with Gasteiger partial charge >= 0.3 is 0 Å². The molecule has 0 aromatic heterocycles. The molecule has 8 atom stereocenters. The van der Waals surface area contributed by atoms with Crippen molar-refractivity contribution in [1.82, 2.24) is 0 Å². The summed E-state index contributed by atoms with van der Waals surface area (Å²) in [6.07, 6.45) is -9.30. The molecule has 0 bridgehead atoms. The van der Waals surface area contributed by atoms with Crippen molar-refractivity contribution in [3.8, 4) is 5.75 Å². The second-order valence-corrected chi connectivity index (χ2v) is 7.48. The summed E-state index contributed by atoms with van der Waals surface area (Å²) >= 11 is 0. The highest BCUT2D eigenvalue weighted by molar-refractivity contribution is 5.25. The van der Waals surface area contributed by atoms with Gasteiger partial charge in [-0.25, -0.2) is 0 Å². The van der Waals surface area contributed by atoms with Crippen molar-refractivity contribution in [3.05, 3.63) is 29.8 Å². The largest absolute Gasteiger partial charge is 0.508 e. The van der Waals surface area contributed by atoms with Crippen LogP contribution < -0.4 is 0 Å². The predicted octanol–water partition coefficient (Wildman–Crippen LogP) is -2.78. The number of hydrogen-bond donors (Lipinski definition) is 7. The van der Waals surface area contributed by atoms with Crippen LogP contribution in [0.4, 0.5) is 0 Å². The van der Waals surface area contributed by atoms with E-state index in [1.807, 2.05) is 0 Å². The molecule has 7 N–H and O–H groups in total. The number of ether oxygens (including phenoxy) is 4. The van der Waals surface area contributed by atoms with Crippen LogP contribution in [0.15, 0.2) is 24.3 Å². The minimum absolute atomic E-state index is 0.116. The van der Waals surface area contributed by atoms with Crippen LogP contribution in [-0.4, -0.2) is 111 Å². The van der Waals surface area contributed by atoms with Gasteiger partial charge in [0.2, 0.25) is 0 Å². The first-order valence-electron chi connectivity index (χ1n) is 9.59. The summed E-state index contributed by atoms with van der Waals surface area (Å²) in [5.41, 5.74) is -1.06. The highest BCUT2D eigenvalue weighted by atomic mass is 16.8. The van der Waals surface area contributed by atoms with Crippen molar-refractivity contribution in [2.75, 3.05) is 26.4 Å². The quantitative estimate of drug-likeness (QED) is 0.226. The zero-order valence-corrected chi connectivity index (χ0v) is 16.1. The van der Waals surface area contributed by atoms with Crippen LogP contribution in [0.1, 0.15) is 5.56 Å². The maximum Gasteiger partial charge on any atom is 0.187 e. The lowest BCUT2D eigenvalue weighted by molar-refractivity contribution is -0.335. The number of hydrogen-bond acceptors (Lipinski definition) is 11. The SMILES string of the molecule is OC[C@H]1O[C@H](OCCc2ccc(O)cc2)[C@H](O[C@H]2OC[C@](O)(CO)[C@H]2O)[C@@H](O)[C@@H]1O. The third-order valence-corrected chi connectivity index (χ3v) is 5.30. The van der Waals surface area contributed by atoms with E-state index in [0.717, 1.165) is 5.56 Å². The normalized spacial score (nSPS) is 39.3. The molecule has 1 aromatic rings. The van der Waals surface area contributed by atoms with Crippen LogP contribution >= 0.6 is 0 Å². The van der Waals surface area contributed by atoms with Crippen molar-refractivity contribution >= 4 is 0 Å². The molecule has 30 heavy (non-hydrogen) atoms. The average molecular weight is 432 g/mol. The molecular weight excluding hydrogens is 404 g/mol. The van der Waals surface area contributed by atoms with Gasteiger partial charge in [-0.1, -0.05) is 12.1 Å². The summed E-state index contributed by atoms with van der Waals surface area (Å²) < 4.78 is 21.9. The summed E-state index contributed by atoms with van der Waals surface area (Å²) in [4.78, 5) is 0. The van der Waals surface area contributed by atoms with Crippen molar-refractivity contribution in [2.24, 2.45) is 0 Å². The summed E-state index contributed by atoms with van der Waals surface area (Å²) in [5, 5.41) is 68.9. The Kier molecular flexibility index (Phi) is 7.63. The third-order valence-electron chi connectivity index (χ3n) is 5.30. The maximum absolute atomic E-state index is 10.5. The highest BCUT2D eigenvalue weighted by Crippen LogP contribution is 2.31. The van der Waals surface area contributed by atoms with E-state index < -0.39 is 68.5 Å². The third kappa shape index (κ3) is 4.92. The monoisotopic (exact) mass is 432 g/mol. The topological polar surface area (TPSA) is 179 Å². The minimum Gasteiger partial charge on any atom is -0.508 e. The predicted molar refractivity (Wildman–Crippen MR) is 98.2 cm³/mol. The van der Waals surface area contributed by atoms with Crippen molar-refractivity contribution in [2.45, 2.75) is 55.1 Å². The molecular formula is C19H28O11. The molecule has 0 spiro atoms. The number of benzene rings is 1. The molecule has 1 aromatic carbocycles. The fourth-order valence-electron chi connectivity index (χ4n) is 3.35. The Morgan fingerprint density at radius 2 is 1.73 bits per heavy atom. The number of phenols is 1. The molecule has 2 heterocycles. The number of phenolic OH excluding ortho intramolecular Hbond substituents is 1. The number of aromatic hydroxyl groups is 1. The molecule has 0 amide bonds. The standard InChI is InChI=1S/C19H28O11/c20-7-12-13(23)14(24)15(30-18-16(25)19(26,8-21)9-28-18)17(29-12)27-6-5-10-1-3-11(22)4-2-10/h1-4,12-18,20-26H,5-9H2/t12-,13-,14+,15-,16+,17+,18-,19-/m1/s1. The van der Waals surface area contributed by atoms with E-state index in [0.29, 0.717) is 6.42 Å². The zero-order valence-electron chi connectivity index (χ0n) is 16.1. The van der Waals surface area contributed by atoms with E-state index in [9.17, 15) is 35.7 Å². The number of rotatable bonds is 8. The van der Waals surface area contributed by atoms with Crippen molar-refractivity contribution in [1.29, 1.82) is 0 Å². The molecule has 0 unspecified atom stereocenters. The maximum atomic E-state index is 10.5. The summed E-state index contributed by atoms with van der Waals surface area (Å²) in [6, 6.07) is 6.48. The van der Waals surface area contributed by atoms with Crippen LogP contribution in [0.3, 0.4) is 0 Å². The molecule has 3 rings (SSSR count). The lowest BCUT2D eigenvalue weighted by Crippen LogP contribution is -2.61. The second kappa shape index (κ2) is 9.83. The average Bonchev–Trinajstić information content (AvgIpc) is 3.03. The lowest BCUT2D eigenvalue weighted by atomic mass is 9.98. The van der Waals surface area contributed by atoms with Gasteiger partial charge in [0, 0.05) is 0 Å². The fourth-order valence-corrected chi connectivity index (χ4v) is 3.35. The molecule has 0 saturated carbocycles. The van der Waals surface area contributed by atoms with Gasteiger partial charge in [0.1, 0.15) is 41.9 Å². The van der Waals surface area contributed by atoms with Crippen LogP contribution in [0.5, 0.6) is 5.75 Å². The Labute approximate surface area is 172 Å². The second-order valence-electron chi connectivity index (χ2n) is 7.48. The van der Waals surface area contributed by atoms with E-state index >= 15 is 0 Å². The van der Waals surface area contributed by atoms with Gasteiger partial charge in [-0.3, -0.25) is 0 Å². The molecule has 11 nitrogen and oxygen atoms in total. The van der Waals surface area contributed by atoms with Gasteiger partial charge in [-0.15, -0.1) is 0 Å². The van der Waals surface area contributed by atoms with Crippen LogP contribution in [0.2, 0.25) is 0 Å². The van der Waals surface area contributed by atoms with Gasteiger partial charge in [0.25, 0.3) is 0 Å². The Bertz CT molecular complexity index is 671.